The van der Waals surface area contributed by atoms with Crippen molar-refractivity contribution in [2.45, 2.75) is 63.9 Å². The Kier molecular flexibility index (Phi) is 12.1. The van der Waals surface area contributed by atoms with Crippen LogP contribution in [-0.2, 0) is 47.0 Å². The van der Waals surface area contributed by atoms with E-state index in [-0.39, 0.29) is 30.3 Å². The van der Waals surface area contributed by atoms with Gasteiger partial charge in [-0.2, -0.15) is 18.2 Å². The molecule has 0 bridgehead atoms. The first-order chi connectivity index (χ1) is 24.7. The molecule has 0 saturated carbocycles. The molecule has 2 fully saturated rings. The average molecular weight is 765 g/mol. The summed E-state index contributed by atoms with van der Waals surface area (Å²) in [5.41, 5.74) is 11.6. The number of carboxylic acid groups (broad SMARTS) is 1. The number of oxime groups is 1. The Morgan fingerprint density at radius 2 is 1.96 bits per heavy atom. The van der Waals surface area contributed by atoms with Crippen molar-refractivity contribution in [1.82, 2.24) is 25.4 Å². The van der Waals surface area contributed by atoms with Crippen molar-refractivity contribution in [3.05, 3.63) is 47.7 Å². The second kappa shape index (κ2) is 16.3. The zero-order valence-corrected chi connectivity index (χ0v) is 30.1. The van der Waals surface area contributed by atoms with Gasteiger partial charge in [-0.15, -0.1) is 20.3 Å². The molecular formula is C31H42N9O10S2+. The van der Waals surface area contributed by atoms with Crippen LogP contribution in [0.5, 0.6) is 5.75 Å². The van der Waals surface area contributed by atoms with Crippen molar-refractivity contribution in [3.63, 3.8) is 0 Å². The highest BCUT2D eigenvalue weighted by Crippen LogP contribution is 2.33. The fourth-order valence-electron chi connectivity index (χ4n) is 5.56. The number of benzene rings is 1. The molecule has 2 aliphatic heterocycles. The lowest BCUT2D eigenvalue weighted by molar-refractivity contribution is -0.781. The maximum absolute atomic E-state index is 13.3. The number of β-lactam (4-membered cyclic amide) rings is 1. The predicted molar refractivity (Wildman–Crippen MR) is 186 cm³/mol. The Balaban J connectivity index is 1.17. The summed E-state index contributed by atoms with van der Waals surface area (Å²) in [6.07, 6.45) is 3.88. The Bertz CT molecular complexity index is 1890. The topological polar surface area (TPSA) is 267 Å². The van der Waals surface area contributed by atoms with Crippen LogP contribution >= 0.6 is 11.3 Å². The number of hydrogen-bond donors (Lipinski definition) is 6. The van der Waals surface area contributed by atoms with Gasteiger partial charge in [0.1, 0.15) is 17.5 Å². The van der Waals surface area contributed by atoms with Crippen LogP contribution in [0.3, 0.4) is 0 Å². The Morgan fingerprint density at radius 3 is 2.54 bits per heavy atom. The van der Waals surface area contributed by atoms with E-state index in [0.717, 1.165) is 55.1 Å². The van der Waals surface area contributed by atoms with E-state index in [1.807, 2.05) is 24.3 Å². The number of nitrogens with one attached hydrogen (secondary N) is 2. The summed E-state index contributed by atoms with van der Waals surface area (Å²) in [4.78, 5) is 47.1. The summed E-state index contributed by atoms with van der Waals surface area (Å²) >= 11 is 0.979. The number of nitrogens with zero attached hydrogens (tertiary/aromatic N) is 5. The third kappa shape index (κ3) is 9.40. The highest BCUT2D eigenvalue weighted by Gasteiger charge is 2.58. The third-order valence-corrected chi connectivity index (χ3v) is 9.53. The van der Waals surface area contributed by atoms with Gasteiger partial charge in [0.2, 0.25) is 12.3 Å². The fraction of sp³-hybridized carbons (Fsp3) is 0.484. The molecule has 0 spiro atoms. The smallest absolute Gasteiger partial charge is 0.418 e. The number of hydrogen-bond acceptors (Lipinski definition) is 14. The number of nitrogens with two attached hydrogens (primary N) is 2. The van der Waals surface area contributed by atoms with Gasteiger partial charge in [0.25, 0.3) is 11.8 Å². The Hall–Kier alpha value is -4.67. The maximum atomic E-state index is 13.3. The molecule has 8 N–H and O–H groups in total. The van der Waals surface area contributed by atoms with E-state index >= 15 is 0 Å². The number of carbonyl (C=O) groups is 3. The minimum absolute atomic E-state index is 0.0338. The number of carboxylic acids is 1. The van der Waals surface area contributed by atoms with Crippen molar-refractivity contribution in [2.75, 3.05) is 32.0 Å². The highest BCUT2D eigenvalue weighted by atomic mass is 32.3. The summed E-state index contributed by atoms with van der Waals surface area (Å²) < 4.78 is 45.8. The summed E-state index contributed by atoms with van der Waals surface area (Å²) in [6, 6.07) is 6.29. The van der Waals surface area contributed by atoms with Gasteiger partial charge < -0.3 is 36.8 Å². The highest BCUT2D eigenvalue weighted by molar-refractivity contribution is 7.80. The van der Waals surface area contributed by atoms with E-state index in [1.54, 1.807) is 0 Å². The number of carbonyl (C=O) groups excluding carboxylic acids is 2. The molecule has 19 nitrogen and oxygen atoms in total. The van der Waals surface area contributed by atoms with Crippen LogP contribution < -0.4 is 31.5 Å². The molecular weight excluding hydrogens is 723 g/mol. The molecule has 5 rings (SSSR count). The first-order valence-corrected chi connectivity index (χ1v) is 18.6. The number of aromatic nitrogens is 3. The fourth-order valence-corrected chi connectivity index (χ4v) is 6.56. The number of anilines is 1. The van der Waals surface area contributed by atoms with Gasteiger partial charge in [-0.05, 0) is 50.9 Å². The summed E-state index contributed by atoms with van der Waals surface area (Å²) in [7, 11) is -5.01. The minimum atomic E-state index is -5.01. The average Bonchev–Trinajstić information content (AvgIpc) is 3.69. The Labute approximate surface area is 303 Å². The van der Waals surface area contributed by atoms with E-state index in [9.17, 15) is 27.9 Å². The lowest BCUT2D eigenvalue weighted by atomic mass is 9.84. The normalized spacial score (nSPS) is 18.0. The minimum Gasteiger partial charge on any atom is -0.494 e. The number of aliphatic carboxylic acids is 1. The van der Waals surface area contributed by atoms with Crippen LogP contribution in [0.15, 0.2) is 47.2 Å². The van der Waals surface area contributed by atoms with E-state index in [2.05, 4.69) is 46.8 Å². The second-order valence-electron chi connectivity index (χ2n) is 12.8. The Morgan fingerprint density at radius 1 is 1.23 bits per heavy atom. The summed E-state index contributed by atoms with van der Waals surface area (Å²) in [6.45, 7) is 7.30. The molecule has 2 atom stereocenters. The molecule has 2 saturated heterocycles. The van der Waals surface area contributed by atoms with Crippen molar-refractivity contribution in [3.8, 4) is 16.9 Å². The van der Waals surface area contributed by atoms with Crippen molar-refractivity contribution >= 4 is 50.4 Å². The third-order valence-electron chi connectivity index (χ3n) is 8.52. The number of thiazole rings is 1. The number of nitrogen functional groups attached to an aromatic ring is 1. The monoisotopic (exact) mass is 764 g/mol. The van der Waals surface area contributed by atoms with Crippen LogP contribution in [0.1, 0.15) is 38.8 Å². The first-order valence-electron chi connectivity index (χ1n) is 16.4. The molecule has 3 aromatic rings. The second-order valence-corrected chi connectivity index (χ2v) is 14.7. The largest absolute Gasteiger partial charge is 0.494 e. The van der Waals surface area contributed by atoms with E-state index < -0.39 is 51.6 Å². The zero-order chi connectivity index (χ0) is 37.6. The number of aryl methyl sites for hydroxylation is 1. The van der Waals surface area contributed by atoms with Crippen molar-refractivity contribution in [2.24, 2.45) is 16.8 Å². The molecule has 1 aromatic carbocycles. The molecule has 0 aliphatic carbocycles. The zero-order valence-electron chi connectivity index (χ0n) is 28.5. The van der Waals surface area contributed by atoms with Gasteiger partial charge in [0.15, 0.2) is 17.4 Å². The quantitative estimate of drug-likeness (QED) is 0.0233. The molecule has 2 aromatic heterocycles. The lowest BCUT2D eigenvalue weighted by Gasteiger charge is -2.50. The van der Waals surface area contributed by atoms with E-state index in [0.29, 0.717) is 23.3 Å². The van der Waals surface area contributed by atoms with E-state index in [1.165, 1.54) is 19.2 Å². The first kappa shape index (κ1) is 38.6. The van der Waals surface area contributed by atoms with Gasteiger partial charge in [-0.3, -0.25) is 14.1 Å². The SMILES string of the molecule is CC1(C)[C@H](NC(=O)/C(=N\O[C@@H](CCCOc2ccc(-c3cn(CCCN)[n+](CC4CNC4)c3)cc2)C(=O)O)c2csc(N)n2)C(=O)N1OS(=O)(=O)O. The van der Waals surface area contributed by atoms with Gasteiger partial charge in [0, 0.05) is 30.8 Å². The van der Waals surface area contributed by atoms with Crippen molar-refractivity contribution in [1.29, 1.82) is 0 Å². The maximum Gasteiger partial charge on any atom is 0.418 e. The van der Waals surface area contributed by atoms with Crippen LogP contribution in [0.2, 0.25) is 0 Å². The summed E-state index contributed by atoms with van der Waals surface area (Å²) in [5, 5.41) is 21.1. The number of hydroxylamine groups is 2. The van der Waals surface area contributed by atoms with Gasteiger partial charge >= 0.3 is 16.4 Å². The lowest BCUT2D eigenvalue weighted by Crippen LogP contribution is -2.76. The molecule has 282 valence electrons. The molecule has 2 amide bonds. The molecule has 0 unspecified atom stereocenters. The summed E-state index contributed by atoms with van der Waals surface area (Å²) in [5.74, 6) is -2.12. The molecule has 21 heteroatoms. The predicted octanol–water partition coefficient (Wildman–Crippen LogP) is -0.0774. The van der Waals surface area contributed by atoms with Gasteiger partial charge in [-0.25, -0.2) is 9.78 Å². The van der Waals surface area contributed by atoms with Gasteiger partial charge in [-0.1, -0.05) is 17.3 Å². The van der Waals surface area contributed by atoms with Gasteiger partial charge in [0.05, 0.1) is 30.5 Å². The van der Waals surface area contributed by atoms with Crippen LogP contribution in [0, 0.1) is 5.92 Å². The number of amides is 2. The number of ether oxygens (including phenoxy) is 1. The van der Waals surface area contributed by atoms with Crippen LogP contribution in [-0.4, -0.2) is 100 Å². The molecule has 0 radical (unpaired) electrons. The molecule has 52 heavy (non-hydrogen) atoms. The van der Waals surface area contributed by atoms with Crippen LogP contribution in [0.25, 0.3) is 11.1 Å². The standard InChI is InChI=1S/C31H41N9O10S2/c1-31(2)26(28(42)40(31)50-52(45,46)47)36-27(41)25(23-18-51-30(33)35-23)37-49-24(29(43)44)5-3-12-48-22-8-6-20(7-9-22)21-16-38(11-4-10-32)39(17-21)15-19-13-34-14-19/h6-9,16-19,24,26,34H,3-5,10-15,32H2,1-2H3,(H4-,33,35,36,41,43,44,45,46,47)/p+1/b37-25-/t24-,26+/m0/s1. The van der Waals surface area contributed by atoms with E-state index in [4.69, 9.17) is 25.6 Å². The molecule has 4 heterocycles. The van der Waals surface area contributed by atoms with Crippen LogP contribution in [0.4, 0.5) is 5.13 Å². The molecule has 2 aliphatic rings. The van der Waals surface area contributed by atoms with Crippen molar-refractivity contribution < 1.29 is 51.0 Å². The number of rotatable bonds is 19.